The van der Waals surface area contributed by atoms with Gasteiger partial charge in [-0.3, -0.25) is 0 Å². The zero-order valence-electron chi connectivity index (χ0n) is 7.90. The fourth-order valence-corrected chi connectivity index (χ4v) is 1.41. The summed E-state index contributed by atoms with van der Waals surface area (Å²) in [6.45, 7) is 5.79. The first-order valence-electron chi connectivity index (χ1n) is 4.64. The van der Waals surface area contributed by atoms with Crippen LogP contribution in [0.5, 0.6) is 0 Å². The Hall–Kier alpha value is -0.150. The lowest BCUT2D eigenvalue weighted by atomic mass is 9.96. The Balaban J connectivity index is 2.28. The highest BCUT2D eigenvalue weighted by molar-refractivity contribution is 4.81. The quantitative estimate of drug-likeness (QED) is 0.702. The maximum atomic E-state index is 13.5. The minimum Gasteiger partial charge on any atom is -0.379 e. The summed E-state index contributed by atoms with van der Waals surface area (Å²) in [4.78, 5) is 0. The summed E-state index contributed by atoms with van der Waals surface area (Å²) in [5.41, 5.74) is -1.04. The SMILES string of the molecule is CCC(C)(F)CC1COCCN1. The molecule has 0 radical (unpaired) electrons. The van der Waals surface area contributed by atoms with Crippen molar-refractivity contribution < 1.29 is 9.13 Å². The van der Waals surface area contributed by atoms with Gasteiger partial charge in [-0.2, -0.15) is 0 Å². The number of nitrogens with one attached hydrogen (secondary N) is 1. The van der Waals surface area contributed by atoms with E-state index in [9.17, 15) is 4.39 Å². The van der Waals surface area contributed by atoms with Crippen LogP contribution in [0.1, 0.15) is 26.7 Å². The number of morpholine rings is 1. The molecule has 0 bridgehead atoms. The molecule has 0 aromatic heterocycles. The van der Waals surface area contributed by atoms with Crippen LogP contribution in [0.4, 0.5) is 4.39 Å². The van der Waals surface area contributed by atoms with Gasteiger partial charge in [-0.05, 0) is 19.8 Å². The first-order valence-corrected chi connectivity index (χ1v) is 4.64. The molecule has 72 valence electrons. The van der Waals surface area contributed by atoms with E-state index in [1.54, 1.807) is 6.92 Å². The molecule has 1 rings (SSSR count). The first kappa shape index (κ1) is 9.93. The van der Waals surface area contributed by atoms with Gasteiger partial charge in [-0.1, -0.05) is 6.92 Å². The summed E-state index contributed by atoms with van der Waals surface area (Å²) in [7, 11) is 0. The molecule has 1 saturated heterocycles. The Bertz CT molecular complexity index is 132. The monoisotopic (exact) mass is 175 g/mol. The number of alkyl halides is 1. The Morgan fingerprint density at radius 2 is 2.42 bits per heavy atom. The van der Waals surface area contributed by atoms with Crippen molar-refractivity contribution in [2.75, 3.05) is 19.8 Å². The normalized spacial score (nSPS) is 29.8. The lowest BCUT2D eigenvalue weighted by Gasteiger charge is -2.29. The molecule has 1 fully saturated rings. The van der Waals surface area contributed by atoms with Crippen LogP contribution in [-0.2, 0) is 4.74 Å². The van der Waals surface area contributed by atoms with Gasteiger partial charge < -0.3 is 10.1 Å². The molecule has 0 aromatic rings. The van der Waals surface area contributed by atoms with Crippen molar-refractivity contribution in [2.45, 2.75) is 38.4 Å². The summed E-state index contributed by atoms with van der Waals surface area (Å²) in [5, 5.41) is 3.24. The van der Waals surface area contributed by atoms with Gasteiger partial charge in [-0.25, -0.2) is 4.39 Å². The van der Waals surface area contributed by atoms with Gasteiger partial charge in [0.25, 0.3) is 0 Å². The van der Waals surface area contributed by atoms with Crippen molar-refractivity contribution in [2.24, 2.45) is 0 Å². The van der Waals surface area contributed by atoms with Gasteiger partial charge in [0, 0.05) is 12.6 Å². The van der Waals surface area contributed by atoms with Crippen LogP contribution in [0, 0.1) is 0 Å². The van der Waals surface area contributed by atoms with Crippen molar-refractivity contribution in [1.82, 2.24) is 5.32 Å². The summed E-state index contributed by atoms with van der Waals surface area (Å²) < 4.78 is 18.8. The zero-order chi connectivity index (χ0) is 9.03. The minimum absolute atomic E-state index is 0.202. The van der Waals surface area contributed by atoms with Crippen LogP contribution < -0.4 is 5.32 Å². The molecule has 1 aliphatic rings. The van der Waals surface area contributed by atoms with Gasteiger partial charge >= 0.3 is 0 Å². The van der Waals surface area contributed by atoms with Crippen molar-refractivity contribution in [3.8, 4) is 0 Å². The molecule has 2 unspecified atom stereocenters. The molecule has 2 atom stereocenters. The van der Waals surface area contributed by atoms with Crippen molar-refractivity contribution in [1.29, 1.82) is 0 Å². The van der Waals surface area contributed by atoms with Gasteiger partial charge in [0.15, 0.2) is 0 Å². The van der Waals surface area contributed by atoms with Crippen LogP contribution in [0.3, 0.4) is 0 Å². The average Bonchev–Trinajstić information content (AvgIpc) is 2.06. The first-order chi connectivity index (χ1) is 5.64. The number of halogens is 1. The number of ether oxygens (including phenoxy) is 1. The number of hydrogen-bond acceptors (Lipinski definition) is 2. The van der Waals surface area contributed by atoms with Crippen molar-refractivity contribution in [3.63, 3.8) is 0 Å². The van der Waals surface area contributed by atoms with Crippen LogP contribution >= 0.6 is 0 Å². The van der Waals surface area contributed by atoms with E-state index in [1.165, 1.54) is 0 Å². The van der Waals surface area contributed by atoms with E-state index >= 15 is 0 Å². The van der Waals surface area contributed by atoms with Gasteiger partial charge in [0.2, 0.25) is 0 Å². The second kappa shape index (κ2) is 4.19. The van der Waals surface area contributed by atoms with Crippen LogP contribution in [-0.4, -0.2) is 31.5 Å². The molecule has 0 saturated carbocycles. The minimum atomic E-state index is -1.04. The Morgan fingerprint density at radius 3 is 2.92 bits per heavy atom. The summed E-state index contributed by atoms with van der Waals surface area (Å²) >= 11 is 0. The Kier molecular flexibility index (Phi) is 3.47. The Labute approximate surface area is 73.5 Å². The van der Waals surface area contributed by atoms with E-state index in [0.29, 0.717) is 19.4 Å². The maximum Gasteiger partial charge on any atom is 0.109 e. The molecular weight excluding hydrogens is 157 g/mol. The standard InChI is InChI=1S/C9H18FNO/c1-3-9(2,10)6-8-7-12-5-4-11-8/h8,11H,3-7H2,1-2H3. The molecule has 0 aliphatic carbocycles. The molecule has 1 heterocycles. The van der Waals surface area contributed by atoms with Gasteiger partial charge in [-0.15, -0.1) is 0 Å². The highest BCUT2D eigenvalue weighted by Crippen LogP contribution is 2.22. The molecule has 0 aromatic carbocycles. The average molecular weight is 175 g/mol. The lowest BCUT2D eigenvalue weighted by molar-refractivity contribution is 0.0472. The number of hydrogen-bond donors (Lipinski definition) is 1. The molecule has 0 amide bonds. The fraction of sp³-hybridized carbons (Fsp3) is 1.00. The zero-order valence-corrected chi connectivity index (χ0v) is 7.90. The molecule has 0 spiro atoms. The van der Waals surface area contributed by atoms with Crippen LogP contribution in [0.15, 0.2) is 0 Å². The highest BCUT2D eigenvalue weighted by atomic mass is 19.1. The molecule has 1 aliphatic heterocycles. The highest BCUT2D eigenvalue weighted by Gasteiger charge is 2.26. The predicted molar refractivity (Wildman–Crippen MR) is 47.0 cm³/mol. The van der Waals surface area contributed by atoms with E-state index in [0.717, 1.165) is 13.2 Å². The summed E-state index contributed by atoms with van der Waals surface area (Å²) in [6.07, 6.45) is 1.13. The van der Waals surface area contributed by atoms with E-state index in [-0.39, 0.29) is 6.04 Å². The van der Waals surface area contributed by atoms with E-state index < -0.39 is 5.67 Å². The third kappa shape index (κ3) is 3.07. The summed E-state index contributed by atoms with van der Waals surface area (Å²) in [5.74, 6) is 0. The Morgan fingerprint density at radius 1 is 1.67 bits per heavy atom. The van der Waals surface area contributed by atoms with Gasteiger partial charge in [0.1, 0.15) is 5.67 Å². The third-order valence-electron chi connectivity index (χ3n) is 2.41. The second-order valence-corrected chi connectivity index (χ2v) is 3.70. The van der Waals surface area contributed by atoms with Crippen molar-refractivity contribution >= 4 is 0 Å². The molecule has 12 heavy (non-hydrogen) atoms. The predicted octanol–water partition coefficient (Wildman–Crippen LogP) is 1.50. The van der Waals surface area contributed by atoms with Crippen molar-refractivity contribution in [3.05, 3.63) is 0 Å². The third-order valence-corrected chi connectivity index (χ3v) is 2.41. The number of rotatable bonds is 3. The maximum absolute atomic E-state index is 13.5. The fourth-order valence-electron chi connectivity index (χ4n) is 1.41. The van der Waals surface area contributed by atoms with E-state index in [2.05, 4.69) is 5.32 Å². The van der Waals surface area contributed by atoms with Gasteiger partial charge in [0.05, 0.1) is 13.2 Å². The van der Waals surface area contributed by atoms with E-state index in [1.807, 2.05) is 6.92 Å². The summed E-state index contributed by atoms with van der Waals surface area (Å²) in [6, 6.07) is 0.202. The van der Waals surface area contributed by atoms with Crippen LogP contribution in [0.2, 0.25) is 0 Å². The van der Waals surface area contributed by atoms with Crippen LogP contribution in [0.25, 0.3) is 0 Å². The molecule has 1 N–H and O–H groups in total. The molecule has 3 heteroatoms. The van der Waals surface area contributed by atoms with E-state index in [4.69, 9.17) is 4.74 Å². The largest absolute Gasteiger partial charge is 0.379 e. The topological polar surface area (TPSA) is 21.3 Å². The molecular formula is C9H18FNO. The molecule has 2 nitrogen and oxygen atoms in total. The second-order valence-electron chi connectivity index (χ2n) is 3.70. The lowest BCUT2D eigenvalue weighted by Crippen LogP contribution is -2.44. The smallest absolute Gasteiger partial charge is 0.109 e.